The molecule has 0 radical (unpaired) electrons. The fraction of sp³-hybridized carbons (Fsp3) is 0.174. The van der Waals surface area contributed by atoms with Crippen molar-refractivity contribution in [3.8, 4) is 0 Å². The van der Waals surface area contributed by atoms with Gasteiger partial charge in [0, 0.05) is 24.1 Å². The molecule has 0 aliphatic carbocycles. The number of anilines is 1. The van der Waals surface area contributed by atoms with Gasteiger partial charge in [0.25, 0.3) is 15.9 Å². The van der Waals surface area contributed by atoms with E-state index in [2.05, 4.69) is 10.0 Å². The van der Waals surface area contributed by atoms with Crippen LogP contribution in [0.5, 0.6) is 0 Å². The Morgan fingerprint density at radius 1 is 0.844 bits per heavy atom. The number of hydrogen-bond donors (Lipinski definition) is 2. The first-order valence-electron chi connectivity index (χ1n) is 9.75. The predicted molar refractivity (Wildman–Crippen MR) is 125 cm³/mol. The van der Waals surface area contributed by atoms with Gasteiger partial charge < -0.3 is 5.32 Å². The smallest absolute Gasteiger partial charge is 0.261 e. The molecule has 0 bridgehead atoms. The zero-order valence-electron chi connectivity index (χ0n) is 17.7. The maximum atomic E-state index is 12.7. The lowest BCUT2D eigenvalue weighted by atomic mass is 10.1. The molecule has 3 aromatic carbocycles. The molecule has 0 aliphatic heterocycles. The van der Waals surface area contributed by atoms with Crippen LogP contribution in [0, 0.1) is 6.92 Å². The minimum atomic E-state index is -3.85. The summed E-state index contributed by atoms with van der Waals surface area (Å²) >= 11 is 0. The van der Waals surface area contributed by atoms with Gasteiger partial charge in [-0.2, -0.15) is 0 Å². The van der Waals surface area contributed by atoms with E-state index in [4.69, 9.17) is 0 Å². The molecule has 0 atom stereocenters. The minimum Gasteiger partial charge on any atom is -0.348 e. The average molecular weight is 473 g/mol. The fourth-order valence-corrected chi connectivity index (χ4v) is 4.88. The molecule has 7 nitrogen and oxygen atoms in total. The second-order valence-corrected chi connectivity index (χ2v) is 11.4. The summed E-state index contributed by atoms with van der Waals surface area (Å²) in [6.07, 6.45) is 1.17. The maximum Gasteiger partial charge on any atom is 0.261 e. The zero-order valence-corrected chi connectivity index (χ0v) is 19.3. The molecule has 1 amide bonds. The van der Waals surface area contributed by atoms with Crippen LogP contribution in [0.1, 0.15) is 27.0 Å². The van der Waals surface area contributed by atoms with E-state index in [1.165, 1.54) is 30.5 Å². The number of nitrogens with one attached hydrogen (secondary N) is 2. The van der Waals surface area contributed by atoms with Gasteiger partial charge >= 0.3 is 0 Å². The van der Waals surface area contributed by atoms with E-state index in [1.54, 1.807) is 48.5 Å². The third kappa shape index (κ3) is 6.66. The van der Waals surface area contributed by atoms with Gasteiger partial charge in [0.2, 0.25) is 0 Å². The van der Waals surface area contributed by atoms with Gasteiger partial charge in [0.15, 0.2) is 9.84 Å². The number of sulfone groups is 1. The molecule has 9 heteroatoms. The predicted octanol–water partition coefficient (Wildman–Crippen LogP) is 3.27. The van der Waals surface area contributed by atoms with Crippen molar-refractivity contribution in [3.63, 3.8) is 0 Å². The van der Waals surface area contributed by atoms with Gasteiger partial charge in [0.1, 0.15) is 0 Å². The summed E-state index contributed by atoms with van der Waals surface area (Å²) in [7, 11) is -6.96. The molecule has 0 aliphatic rings. The topological polar surface area (TPSA) is 109 Å². The highest BCUT2D eigenvalue weighted by atomic mass is 32.2. The fourth-order valence-electron chi connectivity index (χ4n) is 2.98. The Kier molecular flexibility index (Phi) is 7.00. The maximum absolute atomic E-state index is 12.7. The van der Waals surface area contributed by atoms with Crippen molar-refractivity contribution in [2.24, 2.45) is 0 Å². The summed E-state index contributed by atoms with van der Waals surface area (Å²) in [6, 6.07) is 19.6. The second-order valence-electron chi connectivity index (χ2n) is 7.57. The van der Waals surface area contributed by atoms with Crippen LogP contribution in [-0.4, -0.2) is 29.0 Å². The molecule has 168 valence electrons. The lowest BCUT2D eigenvalue weighted by Crippen LogP contribution is -2.23. The van der Waals surface area contributed by atoms with E-state index in [0.29, 0.717) is 11.3 Å². The molecule has 2 N–H and O–H groups in total. The molecule has 0 saturated carbocycles. The Hall–Kier alpha value is -3.17. The molecule has 0 unspecified atom stereocenters. The zero-order chi connectivity index (χ0) is 23.4. The quantitative estimate of drug-likeness (QED) is 0.523. The SMILES string of the molecule is Cc1ccc(NS(=O)(=O)c2cccc(C(=O)NCc3ccc(CS(C)(=O)=O)cc3)c2)cc1. The van der Waals surface area contributed by atoms with Crippen LogP contribution in [0.25, 0.3) is 0 Å². The Morgan fingerprint density at radius 3 is 2.09 bits per heavy atom. The Labute approximate surface area is 188 Å². The van der Waals surface area contributed by atoms with Crippen molar-refractivity contribution >= 4 is 31.5 Å². The van der Waals surface area contributed by atoms with E-state index in [9.17, 15) is 21.6 Å². The van der Waals surface area contributed by atoms with Crippen molar-refractivity contribution in [2.45, 2.75) is 24.1 Å². The summed E-state index contributed by atoms with van der Waals surface area (Å²) in [5, 5.41) is 2.75. The highest BCUT2D eigenvalue weighted by molar-refractivity contribution is 7.92. The summed E-state index contributed by atoms with van der Waals surface area (Å²) < 4.78 is 50.6. The van der Waals surface area contributed by atoms with Crippen LogP contribution in [-0.2, 0) is 32.2 Å². The van der Waals surface area contributed by atoms with E-state index in [0.717, 1.165) is 11.1 Å². The van der Waals surface area contributed by atoms with Crippen molar-refractivity contribution in [1.82, 2.24) is 5.32 Å². The number of aryl methyl sites for hydroxylation is 1. The van der Waals surface area contributed by atoms with Crippen LogP contribution in [0.3, 0.4) is 0 Å². The number of hydrogen-bond acceptors (Lipinski definition) is 5. The molecular formula is C23H24N2O5S2. The van der Waals surface area contributed by atoms with E-state index >= 15 is 0 Å². The van der Waals surface area contributed by atoms with Crippen molar-refractivity contribution in [3.05, 3.63) is 95.1 Å². The molecular weight excluding hydrogens is 448 g/mol. The Bertz CT molecular complexity index is 1320. The molecule has 0 spiro atoms. The number of carbonyl (C=O) groups excluding carboxylic acids is 1. The molecule has 32 heavy (non-hydrogen) atoms. The number of rotatable bonds is 8. The molecule has 0 aromatic heterocycles. The van der Waals surface area contributed by atoms with Crippen molar-refractivity contribution < 1.29 is 21.6 Å². The highest BCUT2D eigenvalue weighted by Crippen LogP contribution is 2.18. The van der Waals surface area contributed by atoms with E-state index in [1.807, 2.05) is 6.92 Å². The average Bonchev–Trinajstić information content (AvgIpc) is 2.73. The van der Waals surface area contributed by atoms with E-state index < -0.39 is 25.8 Å². The number of sulfonamides is 1. The van der Waals surface area contributed by atoms with Gasteiger partial charge in [-0.15, -0.1) is 0 Å². The molecule has 3 rings (SSSR count). The van der Waals surface area contributed by atoms with Gasteiger partial charge in [-0.25, -0.2) is 16.8 Å². The summed E-state index contributed by atoms with van der Waals surface area (Å²) in [6.45, 7) is 2.13. The van der Waals surface area contributed by atoms with Gasteiger partial charge in [0.05, 0.1) is 10.6 Å². The first kappa shape index (κ1) is 23.5. The second kappa shape index (κ2) is 9.54. The first-order valence-corrected chi connectivity index (χ1v) is 13.3. The van der Waals surface area contributed by atoms with Crippen molar-refractivity contribution in [1.29, 1.82) is 0 Å². The van der Waals surface area contributed by atoms with Crippen LogP contribution >= 0.6 is 0 Å². The minimum absolute atomic E-state index is 0.0177. The molecule has 0 saturated heterocycles. The number of carbonyl (C=O) groups is 1. The molecule has 3 aromatic rings. The normalized spacial score (nSPS) is 11.7. The first-order chi connectivity index (χ1) is 15.0. The number of benzene rings is 3. The monoisotopic (exact) mass is 472 g/mol. The lowest BCUT2D eigenvalue weighted by molar-refractivity contribution is 0.0950. The molecule has 0 heterocycles. The van der Waals surface area contributed by atoms with Crippen molar-refractivity contribution in [2.75, 3.05) is 11.0 Å². The third-order valence-corrected chi connectivity index (χ3v) is 6.85. The Morgan fingerprint density at radius 2 is 1.47 bits per heavy atom. The van der Waals surface area contributed by atoms with Crippen LogP contribution in [0.15, 0.2) is 77.7 Å². The largest absolute Gasteiger partial charge is 0.348 e. The van der Waals surface area contributed by atoms with Crippen LogP contribution < -0.4 is 10.0 Å². The summed E-state index contributed by atoms with van der Waals surface area (Å²) in [4.78, 5) is 12.5. The van der Waals surface area contributed by atoms with E-state index in [-0.39, 0.29) is 22.8 Å². The standard InChI is InChI=1S/C23H24N2O5S2/c1-17-6-12-21(13-7-17)25-32(29,30)22-5-3-4-20(14-22)23(26)24-15-18-8-10-19(11-9-18)16-31(2,27)28/h3-14,25H,15-16H2,1-2H3,(H,24,26). The molecule has 0 fully saturated rings. The summed E-state index contributed by atoms with van der Waals surface area (Å²) in [5.41, 5.74) is 3.12. The van der Waals surface area contributed by atoms with Gasteiger partial charge in [-0.05, 0) is 48.4 Å². The highest BCUT2D eigenvalue weighted by Gasteiger charge is 2.16. The van der Waals surface area contributed by atoms with Gasteiger partial charge in [-0.1, -0.05) is 48.0 Å². The summed E-state index contributed by atoms with van der Waals surface area (Å²) in [5.74, 6) is -0.463. The van der Waals surface area contributed by atoms with Crippen LogP contribution in [0.2, 0.25) is 0 Å². The Balaban J connectivity index is 1.66. The lowest BCUT2D eigenvalue weighted by Gasteiger charge is -2.10. The third-order valence-electron chi connectivity index (χ3n) is 4.62. The number of amides is 1. The van der Waals surface area contributed by atoms with Crippen LogP contribution in [0.4, 0.5) is 5.69 Å². The van der Waals surface area contributed by atoms with Gasteiger partial charge in [-0.3, -0.25) is 9.52 Å².